The molecule has 1 amide bonds. The Morgan fingerprint density at radius 2 is 1.65 bits per heavy atom. The van der Waals surface area contributed by atoms with Gasteiger partial charge in [0.25, 0.3) is 0 Å². The summed E-state index contributed by atoms with van der Waals surface area (Å²) in [5.41, 5.74) is 6.85. The van der Waals surface area contributed by atoms with E-state index in [1.54, 1.807) is 0 Å². The van der Waals surface area contributed by atoms with Gasteiger partial charge in [0.1, 0.15) is 0 Å². The van der Waals surface area contributed by atoms with Crippen LogP contribution < -0.4 is 11.1 Å². The van der Waals surface area contributed by atoms with Crippen LogP contribution in [0.4, 0.5) is 0 Å². The first-order valence-corrected chi connectivity index (χ1v) is 7.82. The standard InChI is InChI=1S/C17H24N2O/c18-17(20)13-6-8-15(9-7-13)19-16-10-14(11-16)12-4-2-1-3-5-12/h1-5,13-16,19H,6-11H2,(H2,18,20). The lowest BCUT2D eigenvalue weighted by molar-refractivity contribution is -0.122. The van der Waals surface area contributed by atoms with Crippen molar-refractivity contribution in [3.8, 4) is 0 Å². The lowest BCUT2D eigenvalue weighted by Gasteiger charge is -2.40. The Morgan fingerprint density at radius 1 is 1.00 bits per heavy atom. The van der Waals surface area contributed by atoms with Crippen LogP contribution in [0.25, 0.3) is 0 Å². The maximum absolute atomic E-state index is 11.2. The lowest BCUT2D eigenvalue weighted by Crippen LogP contribution is -2.47. The van der Waals surface area contributed by atoms with Gasteiger partial charge < -0.3 is 11.1 Å². The smallest absolute Gasteiger partial charge is 0.220 e. The van der Waals surface area contributed by atoms with Crippen LogP contribution in [0.2, 0.25) is 0 Å². The van der Waals surface area contributed by atoms with E-state index in [9.17, 15) is 4.79 Å². The van der Waals surface area contributed by atoms with E-state index in [0.29, 0.717) is 12.1 Å². The number of carbonyl (C=O) groups is 1. The van der Waals surface area contributed by atoms with Crippen molar-refractivity contribution >= 4 is 5.91 Å². The normalized spacial score (nSPS) is 33.4. The molecule has 1 aromatic rings. The number of hydrogen-bond donors (Lipinski definition) is 2. The summed E-state index contributed by atoms with van der Waals surface area (Å²) in [4.78, 5) is 11.2. The van der Waals surface area contributed by atoms with Gasteiger partial charge in [0.2, 0.25) is 5.91 Å². The SMILES string of the molecule is NC(=O)C1CCC(NC2CC(c3ccccc3)C2)CC1. The van der Waals surface area contributed by atoms with Crippen molar-refractivity contribution in [1.29, 1.82) is 0 Å². The van der Waals surface area contributed by atoms with Crippen LogP contribution in [0.15, 0.2) is 30.3 Å². The first-order valence-electron chi connectivity index (χ1n) is 7.82. The zero-order chi connectivity index (χ0) is 13.9. The van der Waals surface area contributed by atoms with Gasteiger partial charge >= 0.3 is 0 Å². The second-order valence-corrected chi connectivity index (χ2v) is 6.39. The monoisotopic (exact) mass is 272 g/mol. The Hall–Kier alpha value is -1.35. The Bertz CT molecular complexity index is 445. The number of nitrogens with one attached hydrogen (secondary N) is 1. The van der Waals surface area contributed by atoms with Crippen LogP contribution in [-0.2, 0) is 4.79 Å². The quantitative estimate of drug-likeness (QED) is 0.885. The first kappa shape index (κ1) is 13.6. The second kappa shape index (κ2) is 5.96. The van der Waals surface area contributed by atoms with Gasteiger partial charge in [-0.1, -0.05) is 30.3 Å². The second-order valence-electron chi connectivity index (χ2n) is 6.39. The number of benzene rings is 1. The number of carbonyl (C=O) groups excluding carboxylic acids is 1. The Labute approximate surface area is 120 Å². The van der Waals surface area contributed by atoms with Crippen molar-refractivity contribution in [3.05, 3.63) is 35.9 Å². The molecule has 2 aliphatic carbocycles. The average Bonchev–Trinajstić information content (AvgIpc) is 2.44. The highest BCUT2D eigenvalue weighted by Crippen LogP contribution is 2.37. The van der Waals surface area contributed by atoms with Crippen molar-refractivity contribution < 1.29 is 4.79 Å². The van der Waals surface area contributed by atoms with E-state index in [2.05, 4.69) is 35.6 Å². The predicted molar refractivity (Wildman–Crippen MR) is 80.3 cm³/mol. The predicted octanol–water partition coefficient (Wildman–Crippen LogP) is 2.57. The molecule has 1 aromatic carbocycles. The number of primary amides is 1. The minimum absolute atomic E-state index is 0.115. The molecule has 0 aliphatic heterocycles. The zero-order valence-electron chi connectivity index (χ0n) is 11.9. The van der Waals surface area contributed by atoms with Crippen LogP contribution >= 0.6 is 0 Å². The summed E-state index contributed by atoms with van der Waals surface area (Å²) < 4.78 is 0. The minimum Gasteiger partial charge on any atom is -0.369 e. The van der Waals surface area contributed by atoms with Gasteiger partial charge in [-0.25, -0.2) is 0 Å². The fourth-order valence-corrected chi connectivity index (χ4v) is 3.63. The molecule has 0 heterocycles. The molecule has 0 aromatic heterocycles. The molecule has 2 saturated carbocycles. The van der Waals surface area contributed by atoms with Crippen LogP contribution in [0.1, 0.15) is 50.0 Å². The zero-order valence-corrected chi connectivity index (χ0v) is 11.9. The van der Waals surface area contributed by atoms with E-state index in [-0.39, 0.29) is 11.8 Å². The van der Waals surface area contributed by atoms with Gasteiger partial charge in [-0.3, -0.25) is 4.79 Å². The van der Waals surface area contributed by atoms with E-state index in [0.717, 1.165) is 31.6 Å². The number of hydrogen-bond acceptors (Lipinski definition) is 2. The van der Waals surface area contributed by atoms with Crippen LogP contribution in [0.5, 0.6) is 0 Å². The average molecular weight is 272 g/mol. The molecule has 0 atom stereocenters. The van der Waals surface area contributed by atoms with E-state index in [1.165, 1.54) is 18.4 Å². The van der Waals surface area contributed by atoms with Gasteiger partial charge in [0.05, 0.1) is 0 Å². The van der Waals surface area contributed by atoms with E-state index >= 15 is 0 Å². The van der Waals surface area contributed by atoms with Gasteiger partial charge in [-0.05, 0) is 50.0 Å². The van der Waals surface area contributed by atoms with E-state index in [4.69, 9.17) is 5.73 Å². The van der Waals surface area contributed by atoms with Gasteiger partial charge in [-0.2, -0.15) is 0 Å². The highest BCUT2D eigenvalue weighted by Gasteiger charge is 2.33. The molecule has 3 heteroatoms. The summed E-state index contributed by atoms with van der Waals surface area (Å²) in [6.07, 6.45) is 6.61. The molecule has 0 unspecified atom stereocenters. The number of amides is 1. The molecule has 0 spiro atoms. The fraction of sp³-hybridized carbons (Fsp3) is 0.588. The van der Waals surface area contributed by atoms with Gasteiger partial charge in [-0.15, -0.1) is 0 Å². The molecule has 3 rings (SSSR count). The molecule has 20 heavy (non-hydrogen) atoms. The molecule has 0 saturated heterocycles. The topological polar surface area (TPSA) is 55.1 Å². The van der Waals surface area contributed by atoms with Crippen molar-refractivity contribution in [2.45, 2.75) is 56.5 Å². The molecule has 2 fully saturated rings. The Balaban J connectivity index is 1.41. The van der Waals surface area contributed by atoms with Crippen molar-refractivity contribution in [2.24, 2.45) is 11.7 Å². The van der Waals surface area contributed by atoms with Crippen molar-refractivity contribution in [1.82, 2.24) is 5.32 Å². The summed E-state index contributed by atoms with van der Waals surface area (Å²) in [6, 6.07) is 12.1. The number of nitrogens with two attached hydrogens (primary N) is 1. The third-order valence-electron chi connectivity index (χ3n) is 5.01. The van der Waals surface area contributed by atoms with Crippen LogP contribution in [-0.4, -0.2) is 18.0 Å². The lowest BCUT2D eigenvalue weighted by atomic mass is 9.75. The fourth-order valence-electron chi connectivity index (χ4n) is 3.63. The largest absolute Gasteiger partial charge is 0.369 e. The molecule has 0 bridgehead atoms. The van der Waals surface area contributed by atoms with Gasteiger partial charge in [0, 0.05) is 18.0 Å². The summed E-state index contributed by atoms with van der Waals surface area (Å²) in [5.74, 6) is 0.735. The maximum Gasteiger partial charge on any atom is 0.220 e. The molecular weight excluding hydrogens is 248 g/mol. The third kappa shape index (κ3) is 3.04. The molecule has 0 radical (unpaired) electrons. The van der Waals surface area contributed by atoms with Crippen LogP contribution in [0, 0.1) is 5.92 Å². The van der Waals surface area contributed by atoms with Crippen molar-refractivity contribution in [2.75, 3.05) is 0 Å². The Kier molecular flexibility index (Phi) is 4.06. The molecule has 3 nitrogen and oxygen atoms in total. The summed E-state index contributed by atoms with van der Waals surface area (Å²) in [6.45, 7) is 0. The van der Waals surface area contributed by atoms with E-state index < -0.39 is 0 Å². The van der Waals surface area contributed by atoms with Crippen molar-refractivity contribution in [3.63, 3.8) is 0 Å². The minimum atomic E-state index is -0.115. The highest BCUT2D eigenvalue weighted by atomic mass is 16.1. The van der Waals surface area contributed by atoms with E-state index in [1.807, 2.05) is 0 Å². The molecule has 2 aliphatic rings. The van der Waals surface area contributed by atoms with Crippen LogP contribution in [0.3, 0.4) is 0 Å². The number of rotatable bonds is 4. The van der Waals surface area contributed by atoms with Gasteiger partial charge in [0.15, 0.2) is 0 Å². The highest BCUT2D eigenvalue weighted by molar-refractivity contribution is 5.76. The summed E-state index contributed by atoms with van der Waals surface area (Å²) in [7, 11) is 0. The Morgan fingerprint density at radius 3 is 2.25 bits per heavy atom. The molecular formula is C17H24N2O. The summed E-state index contributed by atoms with van der Waals surface area (Å²) >= 11 is 0. The summed E-state index contributed by atoms with van der Waals surface area (Å²) in [5, 5.41) is 3.76. The molecule has 3 N–H and O–H groups in total. The first-order chi connectivity index (χ1) is 9.72. The third-order valence-corrected chi connectivity index (χ3v) is 5.01. The maximum atomic E-state index is 11.2. The molecule has 108 valence electrons.